The molecule has 1 unspecified atom stereocenters. The predicted molar refractivity (Wildman–Crippen MR) is 84.4 cm³/mol. The summed E-state index contributed by atoms with van der Waals surface area (Å²) in [5.41, 5.74) is -0.773. The van der Waals surface area contributed by atoms with Crippen LogP contribution in [0, 0.1) is 0 Å². The van der Waals surface area contributed by atoms with Crippen LogP contribution in [0.4, 0.5) is 0 Å². The summed E-state index contributed by atoms with van der Waals surface area (Å²) in [6.07, 6.45) is 2.29. The second-order valence-electron chi connectivity index (χ2n) is 6.64. The van der Waals surface area contributed by atoms with Crippen molar-refractivity contribution in [3.63, 3.8) is 0 Å². The molecule has 22 heavy (non-hydrogen) atoms. The molecule has 1 aliphatic rings. The van der Waals surface area contributed by atoms with Gasteiger partial charge < -0.3 is 4.74 Å². The zero-order chi connectivity index (χ0) is 16.4. The van der Waals surface area contributed by atoms with E-state index in [-0.39, 0.29) is 5.91 Å². The minimum absolute atomic E-state index is 0.166. The number of hydrogen-bond donors (Lipinski definition) is 0. The lowest BCUT2D eigenvalue weighted by molar-refractivity contribution is -0.169. The second-order valence-corrected chi connectivity index (χ2v) is 6.64. The molecule has 1 aromatic carbocycles. The standard InChI is InChI=1S/C17H22N2O3/c1-16(2,3)22-15(21)17(4)11-10-14(20)19(17)18-12-13-8-6-5-7-9-13/h5-9,12H,10-11H2,1-4H3/b18-12+. The fourth-order valence-electron chi connectivity index (χ4n) is 2.27. The number of amides is 1. The molecule has 5 heteroatoms. The zero-order valence-electron chi connectivity index (χ0n) is 13.5. The Bertz CT molecular complexity index is 590. The molecule has 0 saturated carbocycles. The Morgan fingerprint density at radius 1 is 1.32 bits per heavy atom. The Morgan fingerprint density at radius 2 is 1.95 bits per heavy atom. The Balaban J connectivity index is 2.22. The van der Waals surface area contributed by atoms with Gasteiger partial charge >= 0.3 is 5.97 Å². The molecule has 118 valence electrons. The van der Waals surface area contributed by atoms with Gasteiger partial charge in [0.2, 0.25) is 5.91 Å². The Kier molecular flexibility index (Phi) is 4.35. The monoisotopic (exact) mass is 302 g/mol. The van der Waals surface area contributed by atoms with Gasteiger partial charge in [0.05, 0.1) is 6.21 Å². The molecule has 2 rings (SSSR count). The molecule has 1 aliphatic heterocycles. The number of hydrazone groups is 1. The molecule has 0 aliphatic carbocycles. The summed E-state index contributed by atoms with van der Waals surface area (Å²) in [7, 11) is 0. The third kappa shape index (κ3) is 3.53. The van der Waals surface area contributed by atoms with E-state index >= 15 is 0 Å². The summed E-state index contributed by atoms with van der Waals surface area (Å²) < 4.78 is 5.45. The highest BCUT2D eigenvalue weighted by Gasteiger charge is 2.50. The maximum absolute atomic E-state index is 12.5. The van der Waals surface area contributed by atoms with E-state index < -0.39 is 17.1 Å². The van der Waals surface area contributed by atoms with Crippen LogP contribution < -0.4 is 0 Å². The molecule has 1 aromatic rings. The van der Waals surface area contributed by atoms with Gasteiger partial charge in [0.25, 0.3) is 0 Å². The molecule has 0 radical (unpaired) electrons. The van der Waals surface area contributed by atoms with Gasteiger partial charge in [0, 0.05) is 6.42 Å². The van der Waals surface area contributed by atoms with Crippen LogP contribution in [0.1, 0.15) is 46.1 Å². The van der Waals surface area contributed by atoms with Crippen molar-refractivity contribution in [2.24, 2.45) is 5.10 Å². The summed E-state index contributed by atoms with van der Waals surface area (Å²) in [4.78, 5) is 24.5. The molecule has 1 amide bonds. The van der Waals surface area contributed by atoms with Gasteiger partial charge in [-0.25, -0.2) is 9.80 Å². The van der Waals surface area contributed by atoms with Crippen LogP contribution in [0.5, 0.6) is 0 Å². The van der Waals surface area contributed by atoms with Crippen molar-refractivity contribution in [1.29, 1.82) is 0 Å². The quantitative estimate of drug-likeness (QED) is 0.637. The third-order valence-corrected chi connectivity index (χ3v) is 3.49. The van der Waals surface area contributed by atoms with Crippen LogP contribution >= 0.6 is 0 Å². The van der Waals surface area contributed by atoms with E-state index in [1.165, 1.54) is 5.01 Å². The van der Waals surface area contributed by atoms with E-state index in [0.717, 1.165) is 5.56 Å². The number of nitrogens with zero attached hydrogens (tertiary/aromatic N) is 2. The number of rotatable bonds is 3. The molecule has 1 saturated heterocycles. The van der Waals surface area contributed by atoms with Crippen molar-refractivity contribution in [3.05, 3.63) is 35.9 Å². The van der Waals surface area contributed by atoms with Crippen molar-refractivity contribution in [3.8, 4) is 0 Å². The normalized spacial score (nSPS) is 22.4. The van der Waals surface area contributed by atoms with Gasteiger partial charge in [0.15, 0.2) is 5.54 Å². The van der Waals surface area contributed by atoms with Crippen molar-refractivity contribution in [2.75, 3.05) is 0 Å². The first-order valence-corrected chi connectivity index (χ1v) is 7.38. The molecule has 1 atom stereocenters. The number of ether oxygens (including phenoxy) is 1. The topological polar surface area (TPSA) is 59.0 Å². The first-order valence-electron chi connectivity index (χ1n) is 7.38. The lowest BCUT2D eigenvalue weighted by atomic mass is 10.00. The summed E-state index contributed by atoms with van der Waals surface area (Å²) in [5, 5.41) is 5.49. The summed E-state index contributed by atoms with van der Waals surface area (Å²) in [6, 6.07) is 9.45. The molecule has 0 N–H and O–H groups in total. The fourth-order valence-corrected chi connectivity index (χ4v) is 2.27. The van der Waals surface area contributed by atoms with E-state index in [0.29, 0.717) is 12.8 Å². The zero-order valence-corrected chi connectivity index (χ0v) is 13.5. The molecule has 0 aromatic heterocycles. The molecule has 1 heterocycles. The lowest BCUT2D eigenvalue weighted by Gasteiger charge is -2.32. The SMILES string of the molecule is CC(C)(C)OC(=O)C1(C)CCC(=O)N1/N=C/c1ccccc1. The number of carbonyl (C=O) groups excluding carboxylic acids is 2. The average Bonchev–Trinajstić information content (AvgIpc) is 2.73. The van der Waals surface area contributed by atoms with Crippen molar-refractivity contribution in [2.45, 2.75) is 51.7 Å². The van der Waals surface area contributed by atoms with Crippen LogP contribution in [0.25, 0.3) is 0 Å². The first kappa shape index (κ1) is 16.2. The molecular formula is C17H22N2O3. The first-order chi connectivity index (χ1) is 10.2. The minimum atomic E-state index is -1.05. The lowest BCUT2D eigenvalue weighted by Crippen LogP contribution is -2.49. The van der Waals surface area contributed by atoms with Crippen LogP contribution in [0.3, 0.4) is 0 Å². The molecule has 1 fully saturated rings. The van der Waals surface area contributed by atoms with Crippen molar-refractivity contribution in [1.82, 2.24) is 5.01 Å². The average molecular weight is 302 g/mol. The largest absolute Gasteiger partial charge is 0.458 e. The smallest absolute Gasteiger partial charge is 0.334 e. The summed E-state index contributed by atoms with van der Waals surface area (Å²) in [6.45, 7) is 7.13. The van der Waals surface area contributed by atoms with Gasteiger partial charge in [-0.3, -0.25) is 4.79 Å². The minimum Gasteiger partial charge on any atom is -0.458 e. The summed E-state index contributed by atoms with van der Waals surface area (Å²) >= 11 is 0. The number of carbonyl (C=O) groups is 2. The number of esters is 1. The van der Waals surface area contributed by atoms with Gasteiger partial charge in [-0.05, 0) is 39.7 Å². The number of benzene rings is 1. The molecule has 0 bridgehead atoms. The van der Waals surface area contributed by atoms with Gasteiger partial charge in [-0.15, -0.1) is 0 Å². The van der Waals surface area contributed by atoms with E-state index in [4.69, 9.17) is 4.74 Å². The highest BCUT2D eigenvalue weighted by molar-refractivity contribution is 5.92. The van der Waals surface area contributed by atoms with Gasteiger partial charge in [-0.2, -0.15) is 5.10 Å². The maximum atomic E-state index is 12.5. The fraction of sp³-hybridized carbons (Fsp3) is 0.471. The molecule has 0 spiro atoms. The van der Waals surface area contributed by atoms with Gasteiger partial charge in [-0.1, -0.05) is 30.3 Å². The van der Waals surface area contributed by atoms with Crippen LogP contribution in [0.15, 0.2) is 35.4 Å². The van der Waals surface area contributed by atoms with E-state index in [9.17, 15) is 9.59 Å². The Labute approximate surface area is 131 Å². The van der Waals surface area contributed by atoms with E-state index in [1.54, 1.807) is 13.1 Å². The van der Waals surface area contributed by atoms with E-state index in [1.807, 2.05) is 51.1 Å². The predicted octanol–water partition coefficient (Wildman–Crippen LogP) is 2.74. The van der Waals surface area contributed by atoms with E-state index in [2.05, 4.69) is 5.10 Å². The van der Waals surface area contributed by atoms with Crippen LogP contribution in [0.2, 0.25) is 0 Å². The molecule has 5 nitrogen and oxygen atoms in total. The maximum Gasteiger partial charge on any atom is 0.334 e. The highest BCUT2D eigenvalue weighted by Crippen LogP contribution is 2.32. The Morgan fingerprint density at radius 3 is 2.55 bits per heavy atom. The Hall–Kier alpha value is -2.17. The summed E-state index contributed by atoms with van der Waals surface area (Å²) in [5.74, 6) is -0.586. The highest BCUT2D eigenvalue weighted by atomic mass is 16.6. The second kappa shape index (κ2) is 5.91. The molecular weight excluding hydrogens is 280 g/mol. The number of hydrogen-bond acceptors (Lipinski definition) is 4. The van der Waals surface area contributed by atoms with Crippen molar-refractivity contribution >= 4 is 18.1 Å². The van der Waals surface area contributed by atoms with Crippen LogP contribution in [-0.2, 0) is 14.3 Å². The third-order valence-electron chi connectivity index (χ3n) is 3.49. The van der Waals surface area contributed by atoms with Gasteiger partial charge in [0.1, 0.15) is 5.60 Å². The van der Waals surface area contributed by atoms with Crippen molar-refractivity contribution < 1.29 is 14.3 Å². The van der Waals surface area contributed by atoms with Crippen LogP contribution in [-0.4, -0.2) is 34.2 Å².